The second-order valence-electron chi connectivity index (χ2n) is 20.5. The second-order valence-corrected chi connectivity index (χ2v) is 20.5. The minimum atomic E-state index is -0.999. The van der Waals surface area contributed by atoms with E-state index in [0.29, 0.717) is 64.4 Å². The summed E-state index contributed by atoms with van der Waals surface area (Å²) < 4.78 is 56.8. The molecular weight excluding hydrogens is 1000 g/mol. The van der Waals surface area contributed by atoms with Crippen LogP contribution in [0, 0.1) is 0 Å². The fourth-order valence-corrected chi connectivity index (χ4v) is 11.5. The Kier molecular flexibility index (Phi) is 14.6. The average Bonchev–Trinajstić information content (AvgIpc) is 4.36. The van der Waals surface area contributed by atoms with Crippen LogP contribution in [-0.4, -0.2) is 53.6 Å². The van der Waals surface area contributed by atoms with Crippen LogP contribution in [0.2, 0.25) is 0 Å². The Morgan fingerprint density at radius 1 is 0.512 bits per heavy atom. The van der Waals surface area contributed by atoms with Gasteiger partial charge >= 0.3 is 11.9 Å². The van der Waals surface area contributed by atoms with E-state index in [0.717, 1.165) is 33.4 Å². The number of hydrogen-bond donors (Lipinski definition) is 1. The zero-order valence-corrected chi connectivity index (χ0v) is 43.8. The van der Waals surface area contributed by atoms with Crippen molar-refractivity contribution >= 4 is 39.4 Å². The van der Waals surface area contributed by atoms with E-state index in [1.54, 1.807) is 0 Å². The van der Waals surface area contributed by atoms with Crippen molar-refractivity contribution < 1.29 is 47.5 Å². The van der Waals surface area contributed by atoms with Crippen LogP contribution in [0.3, 0.4) is 0 Å². The molecule has 3 aliphatic heterocycles. The monoisotopic (exact) mass is 1060 g/mol. The van der Waals surface area contributed by atoms with E-state index in [9.17, 15) is 9.59 Å². The molecule has 0 bridgehead atoms. The Morgan fingerprint density at radius 3 is 1.59 bits per heavy atom. The molecule has 0 amide bonds. The predicted octanol–water partition coefficient (Wildman–Crippen LogP) is 13.1. The Labute approximate surface area is 463 Å². The molecule has 1 N–H and O–H groups in total. The van der Waals surface area contributed by atoms with Gasteiger partial charge in [-0.3, -0.25) is 0 Å². The molecule has 1 saturated heterocycles. The van der Waals surface area contributed by atoms with E-state index in [1.165, 1.54) is 0 Å². The zero-order valence-electron chi connectivity index (χ0n) is 43.8. The summed E-state index contributed by atoms with van der Waals surface area (Å²) in [5.74, 6) is -0.549. The van der Waals surface area contributed by atoms with Gasteiger partial charge in [-0.2, -0.15) is 0 Å². The van der Waals surface area contributed by atoms with Gasteiger partial charge in [0.15, 0.2) is 6.23 Å². The minimum absolute atomic E-state index is 0.113. The van der Waals surface area contributed by atoms with Crippen LogP contribution in [-0.2, 0) is 72.8 Å². The lowest BCUT2D eigenvalue weighted by Gasteiger charge is -2.47. The highest BCUT2D eigenvalue weighted by Gasteiger charge is 2.52. The molecule has 8 aromatic carbocycles. The van der Waals surface area contributed by atoms with Crippen molar-refractivity contribution in [3.05, 3.63) is 274 Å². The van der Waals surface area contributed by atoms with Crippen LogP contribution in [0.5, 0.6) is 5.75 Å². The number of cyclic esters (lactones) is 2. The molecule has 2 unspecified atom stereocenters. The van der Waals surface area contributed by atoms with Gasteiger partial charge in [-0.1, -0.05) is 188 Å². The minimum Gasteiger partial charge on any atom is -0.489 e. The van der Waals surface area contributed by atoms with E-state index < -0.39 is 42.6 Å². The molecule has 0 saturated carbocycles. The second kappa shape index (κ2) is 23.0. The number of fused-ring (bicyclic) bond motifs is 10. The van der Waals surface area contributed by atoms with E-state index in [2.05, 4.69) is 9.88 Å². The highest BCUT2D eigenvalue weighted by molar-refractivity contribution is 6.29. The van der Waals surface area contributed by atoms with Crippen LogP contribution >= 0.6 is 0 Å². The zero-order chi connectivity index (χ0) is 53.8. The highest BCUT2D eigenvalue weighted by atomic mass is 16.6. The normalized spacial score (nSPS) is 20.9. The Bertz CT molecular complexity index is 3710. The maximum Gasteiger partial charge on any atom is 0.347 e. The van der Waals surface area contributed by atoms with Crippen LogP contribution in [0.1, 0.15) is 71.8 Å². The van der Waals surface area contributed by atoms with Gasteiger partial charge in [-0.15, -0.1) is 0 Å². The third kappa shape index (κ3) is 10.4. The molecule has 12 nitrogen and oxygen atoms in total. The lowest BCUT2D eigenvalue weighted by molar-refractivity contribution is -0.288. The maximum atomic E-state index is 14.5. The molecule has 4 aliphatic rings. The standard InChI is InChI=1S/C68H58N2O10/c71-67-59-57-52-33-31-50(74-38-45-21-9-2-10-22-45)35-54(52)69-61(57)62-58(60(59)68(72)80-67)53-34-32-51(75-39-46-23-11-3-12-24-46)36-55(53)70(62)66-65(78-42-49-29-17-6-18-30-49)64(77-41-48-27-15-5-16-28-48)63(76-40-47-25-13-4-14-26-47)56(79-66)43-73-37-44-19-7-1-8-20-44/h1-36,52,54,56,63-66,69H,37-43H2/t52?,54?,56-,63-,64+,65-,66-/m1/s1. The number of carbonyl (C=O) groups excluding carboxylic acids is 2. The summed E-state index contributed by atoms with van der Waals surface area (Å²) in [6, 6.07) is 65.6. The van der Waals surface area contributed by atoms with Gasteiger partial charge in [0.2, 0.25) is 0 Å². The quantitative estimate of drug-likeness (QED) is 0.0579. The first-order chi connectivity index (χ1) is 39.5. The van der Waals surface area contributed by atoms with Crippen molar-refractivity contribution in [3.8, 4) is 5.75 Å². The number of nitrogens with one attached hydrogen (secondary N) is 1. The number of aromatic nitrogens is 1. The van der Waals surface area contributed by atoms with Crippen LogP contribution in [0.25, 0.3) is 21.8 Å². The van der Waals surface area contributed by atoms with Crippen molar-refractivity contribution in [3.63, 3.8) is 0 Å². The number of anilines is 1. The van der Waals surface area contributed by atoms with Gasteiger partial charge < -0.3 is 47.8 Å². The molecule has 13 rings (SSSR count). The van der Waals surface area contributed by atoms with Crippen molar-refractivity contribution in [1.29, 1.82) is 0 Å². The van der Waals surface area contributed by atoms with Crippen LogP contribution < -0.4 is 10.1 Å². The Hall–Kier alpha value is -8.62. The molecule has 7 atom stereocenters. The largest absolute Gasteiger partial charge is 0.489 e. The maximum absolute atomic E-state index is 14.5. The molecule has 1 aromatic heterocycles. The highest BCUT2D eigenvalue weighted by Crippen LogP contribution is 2.54. The number of nitrogens with zero attached hydrogens (tertiary/aromatic N) is 1. The van der Waals surface area contributed by atoms with Crippen molar-refractivity contribution in [2.75, 3.05) is 11.9 Å². The summed E-state index contributed by atoms with van der Waals surface area (Å²) in [6.07, 6.45) is 1.84. The van der Waals surface area contributed by atoms with Crippen molar-refractivity contribution in [2.45, 2.75) is 82.2 Å². The number of allylic oxidation sites excluding steroid dienone is 1. The lowest BCUT2D eigenvalue weighted by atomic mass is 9.85. The molecule has 12 heteroatoms. The first-order valence-corrected chi connectivity index (χ1v) is 27.2. The summed E-state index contributed by atoms with van der Waals surface area (Å²) in [4.78, 5) is 28.8. The molecule has 0 radical (unpaired) electrons. The van der Waals surface area contributed by atoms with Crippen LogP contribution in [0.15, 0.2) is 224 Å². The molecular formula is C68H58N2O10. The van der Waals surface area contributed by atoms with E-state index in [4.69, 9.17) is 37.9 Å². The number of benzene rings is 8. The molecule has 1 aliphatic carbocycles. The Balaban J connectivity index is 1.01. The first kappa shape index (κ1) is 50.9. The van der Waals surface area contributed by atoms with E-state index in [-0.39, 0.29) is 49.5 Å². The molecule has 9 aromatic rings. The average molecular weight is 1060 g/mol. The summed E-state index contributed by atoms with van der Waals surface area (Å²) in [7, 11) is 0. The molecule has 0 spiro atoms. The first-order valence-electron chi connectivity index (χ1n) is 27.2. The number of esters is 2. The van der Waals surface area contributed by atoms with E-state index >= 15 is 0 Å². The number of ether oxygens (including phenoxy) is 8. The Morgan fingerprint density at radius 2 is 1.01 bits per heavy atom. The van der Waals surface area contributed by atoms with Gasteiger partial charge in [0, 0.05) is 28.3 Å². The summed E-state index contributed by atoms with van der Waals surface area (Å²) >= 11 is 0. The lowest BCUT2D eigenvalue weighted by Crippen LogP contribution is -2.59. The molecule has 4 heterocycles. The predicted molar refractivity (Wildman–Crippen MR) is 304 cm³/mol. The summed E-state index contributed by atoms with van der Waals surface area (Å²) in [6.45, 7) is 1.78. The van der Waals surface area contributed by atoms with Gasteiger partial charge in [0.25, 0.3) is 0 Å². The van der Waals surface area contributed by atoms with Crippen molar-refractivity contribution in [2.24, 2.45) is 0 Å². The summed E-state index contributed by atoms with van der Waals surface area (Å²) in [5, 5.41) is 5.07. The number of carbonyl (C=O) groups is 2. The van der Waals surface area contributed by atoms with Crippen molar-refractivity contribution in [1.82, 2.24) is 4.57 Å². The molecule has 400 valence electrons. The fourth-order valence-electron chi connectivity index (χ4n) is 11.5. The topological polar surface area (TPSA) is 125 Å². The van der Waals surface area contributed by atoms with Gasteiger partial charge in [0.1, 0.15) is 49.1 Å². The van der Waals surface area contributed by atoms with Gasteiger partial charge in [0.05, 0.1) is 66.9 Å². The van der Waals surface area contributed by atoms with E-state index in [1.807, 2.05) is 218 Å². The number of rotatable bonds is 20. The molecule has 1 fully saturated rings. The SMILES string of the molecule is O=C1OC(=O)c2c1c1c(c3c2c2ccc(OCc4ccccc4)cc2n3[C@@H]2O[C@H](COCc3ccccc3)[C@@H](OCc3ccccc3)[C@H](OCc3ccccc3)[C@H]2OCc2ccccc2)NC2C=C(OCc3ccccc3)C=CC12. The fraction of sp³-hybridized carbons (Fsp3) is 0.206. The number of hydrogen-bond acceptors (Lipinski definition) is 11. The third-order valence-electron chi connectivity index (χ3n) is 15.3. The van der Waals surface area contributed by atoms with Gasteiger partial charge in [-0.05, 0) is 57.7 Å². The summed E-state index contributed by atoms with van der Waals surface area (Å²) in [5.41, 5.74) is 8.92. The van der Waals surface area contributed by atoms with Crippen LogP contribution in [0.4, 0.5) is 5.69 Å². The molecule has 80 heavy (non-hydrogen) atoms. The van der Waals surface area contributed by atoms with Gasteiger partial charge in [-0.25, -0.2) is 9.59 Å². The smallest absolute Gasteiger partial charge is 0.347 e. The third-order valence-corrected chi connectivity index (χ3v) is 15.3.